The highest BCUT2D eigenvalue weighted by Crippen LogP contribution is 2.12. The van der Waals surface area contributed by atoms with Crippen LogP contribution in [0.3, 0.4) is 0 Å². The summed E-state index contributed by atoms with van der Waals surface area (Å²) in [6, 6.07) is 0. The van der Waals surface area contributed by atoms with Gasteiger partial charge < -0.3 is 4.98 Å². The normalized spacial score (nSPS) is 13.1. The average Bonchev–Trinajstić information content (AvgIpc) is 2.57. The van der Waals surface area contributed by atoms with E-state index < -0.39 is 0 Å². The van der Waals surface area contributed by atoms with Crippen molar-refractivity contribution in [3.8, 4) is 0 Å². The minimum absolute atomic E-state index is 0.234. The van der Waals surface area contributed by atoms with E-state index in [4.69, 9.17) is 11.6 Å². The minimum atomic E-state index is 0.234. The van der Waals surface area contributed by atoms with E-state index in [1.54, 1.807) is 6.20 Å². The van der Waals surface area contributed by atoms with Gasteiger partial charge in [-0.1, -0.05) is 26.2 Å². The Morgan fingerprint density at radius 2 is 2.38 bits per heavy atom. The summed E-state index contributed by atoms with van der Waals surface area (Å²) < 4.78 is 0. The van der Waals surface area contributed by atoms with Crippen LogP contribution in [0.15, 0.2) is 12.4 Å². The van der Waals surface area contributed by atoms with E-state index in [1.807, 2.05) is 6.20 Å². The predicted molar refractivity (Wildman–Crippen MR) is 56.1 cm³/mol. The molecule has 0 aliphatic rings. The molecule has 0 aliphatic carbocycles. The second-order valence-corrected chi connectivity index (χ2v) is 3.95. The standard InChI is InChI=1S/C10H17ClN2/c1-2-3-4-5-9(11)8-10-12-6-7-13-10/h6-7,9H,2-5,8H2,1H3,(H,12,13). The van der Waals surface area contributed by atoms with E-state index in [2.05, 4.69) is 16.9 Å². The van der Waals surface area contributed by atoms with Crippen LogP contribution in [0.25, 0.3) is 0 Å². The quantitative estimate of drug-likeness (QED) is 0.555. The molecular weight excluding hydrogens is 184 g/mol. The van der Waals surface area contributed by atoms with Gasteiger partial charge in [-0.2, -0.15) is 0 Å². The van der Waals surface area contributed by atoms with Gasteiger partial charge in [-0.15, -0.1) is 11.6 Å². The van der Waals surface area contributed by atoms with Gasteiger partial charge >= 0.3 is 0 Å². The predicted octanol–water partition coefficient (Wildman–Crippen LogP) is 3.14. The number of unbranched alkanes of at least 4 members (excludes halogenated alkanes) is 2. The molecule has 13 heavy (non-hydrogen) atoms. The summed E-state index contributed by atoms with van der Waals surface area (Å²) in [6.07, 6.45) is 9.32. The molecule has 0 bridgehead atoms. The Kier molecular flexibility index (Phi) is 4.91. The van der Waals surface area contributed by atoms with Crippen LogP contribution in [0, 0.1) is 0 Å². The number of nitrogens with zero attached hydrogens (tertiary/aromatic N) is 1. The molecule has 1 rings (SSSR count). The maximum Gasteiger partial charge on any atom is 0.107 e. The smallest absolute Gasteiger partial charge is 0.107 e. The topological polar surface area (TPSA) is 28.7 Å². The molecular formula is C10H17ClN2. The van der Waals surface area contributed by atoms with Gasteiger partial charge in [0.15, 0.2) is 0 Å². The van der Waals surface area contributed by atoms with Crippen LogP contribution in [-0.4, -0.2) is 15.3 Å². The van der Waals surface area contributed by atoms with Crippen molar-refractivity contribution in [3.63, 3.8) is 0 Å². The van der Waals surface area contributed by atoms with Crippen molar-refractivity contribution in [2.75, 3.05) is 0 Å². The van der Waals surface area contributed by atoms with Crippen LogP contribution in [0.4, 0.5) is 0 Å². The molecule has 2 nitrogen and oxygen atoms in total. The van der Waals surface area contributed by atoms with Crippen LogP contribution in [0.2, 0.25) is 0 Å². The van der Waals surface area contributed by atoms with Crippen LogP contribution in [0.5, 0.6) is 0 Å². The number of rotatable bonds is 6. The van der Waals surface area contributed by atoms with Crippen molar-refractivity contribution in [1.29, 1.82) is 0 Å². The Balaban J connectivity index is 2.14. The summed E-state index contributed by atoms with van der Waals surface area (Å²) in [5.41, 5.74) is 0. The molecule has 0 aromatic carbocycles. The van der Waals surface area contributed by atoms with Crippen LogP contribution >= 0.6 is 11.6 Å². The zero-order valence-electron chi connectivity index (χ0n) is 8.09. The maximum atomic E-state index is 6.15. The summed E-state index contributed by atoms with van der Waals surface area (Å²) in [7, 11) is 0. The van der Waals surface area contributed by atoms with Crippen molar-refractivity contribution in [2.24, 2.45) is 0 Å². The first-order chi connectivity index (χ1) is 6.33. The fourth-order valence-corrected chi connectivity index (χ4v) is 1.64. The number of alkyl halides is 1. The largest absolute Gasteiger partial charge is 0.349 e. The first kappa shape index (κ1) is 10.6. The zero-order chi connectivity index (χ0) is 9.52. The monoisotopic (exact) mass is 200 g/mol. The summed E-state index contributed by atoms with van der Waals surface area (Å²) in [5, 5.41) is 0.234. The second kappa shape index (κ2) is 6.03. The molecule has 1 unspecified atom stereocenters. The summed E-state index contributed by atoms with van der Waals surface area (Å²) in [6.45, 7) is 2.20. The third-order valence-electron chi connectivity index (χ3n) is 2.09. The lowest BCUT2D eigenvalue weighted by Gasteiger charge is -2.06. The van der Waals surface area contributed by atoms with Crippen molar-refractivity contribution >= 4 is 11.6 Å². The molecule has 0 radical (unpaired) electrons. The van der Waals surface area contributed by atoms with E-state index in [9.17, 15) is 0 Å². The van der Waals surface area contributed by atoms with Crippen molar-refractivity contribution in [2.45, 2.75) is 44.4 Å². The lowest BCUT2D eigenvalue weighted by Crippen LogP contribution is -2.04. The van der Waals surface area contributed by atoms with E-state index in [0.717, 1.165) is 18.7 Å². The number of hydrogen-bond acceptors (Lipinski definition) is 1. The lowest BCUT2D eigenvalue weighted by molar-refractivity contribution is 0.630. The van der Waals surface area contributed by atoms with Gasteiger partial charge in [0.05, 0.1) is 0 Å². The van der Waals surface area contributed by atoms with Gasteiger partial charge in [0.2, 0.25) is 0 Å². The van der Waals surface area contributed by atoms with E-state index in [0.29, 0.717) is 0 Å². The van der Waals surface area contributed by atoms with E-state index >= 15 is 0 Å². The molecule has 1 aromatic heterocycles. The third kappa shape index (κ3) is 4.32. The van der Waals surface area contributed by atoms with Gasteiger partial charge in [0.1, 0.15) is 5.82 Å². The Morgan fingerprint density at radius 1 is 1.54 bits per heavy atom. The first-order valence-electron chi connectivity index (χ1n) is 4.95. The van der Waals surface area contributed by atoms with Gasteiger partial charge in [0.25, 0.3) is 0 Å². The molecule has 0 aliphatic heterocycles. The molecule has 0 saturated carbocycles. The molecule has 1 aromatic rings. The lowest BCUT2D eigenvalue weighted by atomic mass is 10.1. The van der Waals surface area contributed by atoms with Crippen LogP contribution in [0.1, 0.15) is 38.4 Å². The Hall–Kier alpha value is -0.500. The van der Waals surface area contributed by atoms with Gasteiger partial charge in [-0.05, 0) is 6.42 Å². The molecule has 3 heteroatoms. The molecule has 0 amide bonds. The Labute approximate surface area is 84.7 Å². The SMILES string of the molecule is CCCCCC(Cl)Cc1ncc[nH]1. The maximum absolute atomic E-state index is 6.15. The Bertz CT molecular complexity index is 209. The average molecular weight is 201 g/mol. The number of aromatic amines is 1. The molecule has 1 N–H and O–H groups in total. The number of nitrogens with one attached hydrogen (secondary N) is 1. The molecule has 1 atom stereocenters. The van der Waals surface area contributed by atoms with E-state index in [-0.39, 0.29) is 5.38 Å². The fourth-order valence-electron chi connectivity index (χ4n) is 1.34. The third-order valence-corrected chi connectivity index (χ3v) is 2.46. The summed E-state index contributed by atoms with van der Waals surface area (Å²) in [4.78, 5) is 7.21. The van der Waals surface area contributed by atoms with Crippen LogP contribution < -0.4 is 0 Å². The summed E-state index contributed by atoms with van der Waals surface area (Å²) in [5.74, 6) is 0.997. The van der Waals surface area contributed by atoms with E-state index in [1.165, 1.54) is 19.3 Å². The summed E-state index contributed by atoms with van der Waals surface area (Å²) >= 11 is 6.15. The molecule has 0 fully saturated rings. The highest BCUT2D eigenvalue weighted by Gasteiger charge is 2.06. The van der Waals surface area contributed by atoms with Crippen molar-refractivity contribution in [1.82, 2.24) is 9.97 Å². The fraction of sp³-hybridized carbons (Fsp3) is 0.700. The zero-order valence-corrected chi connectivity index (χ0v) is 8.85. The second-order valence-electron chi connectivity index (χ2n) is 3.33. The number of aromatic nitrogens is 2. The van der Waals surface area contributed by atoms with Crippen molar-refractivity contribution < 1.29 is 0 Å². The first-order valence-corrected chi connectivity index (χ1v) is 5.39. The molecule has 74 valence electrons. The highest BCUT2D eigenvalue weighted by molar-refractivity contribution is 6.20. The number of H-pyrrole nitrogens is 1. The Morgan fingerprint density at radius 3 is 3.00 bits per heavy atom. The van der Waals surface area contributed by atoms with Gasteiger partial charge in [0, 0.05) is 24.2 Å². The van der Waals surface area contributed by atoms with Crippen molar-refractivity contribution in [3.05, 3.63) is 18.2 Å². The minimum Gasteiger partial charge on any atom is -0.349 e. The number of hydrogen-bond donors (Lipinski definition) is 1. The molecule has 0 saturated heterocycles. The number of halogens is 1. The van der Waals surface area contributed by atoms with Gasteiger partial charge in [-0.25, -0.2) is 4.98 Å². The molecule has 0 spiro atoms. The highest BCUT2D eigenvalue weighted by atomic mass is 35.5. The van der Waals surface area contributed by atoms with Crippen LogP contribution in [-0.2, 0) is 6.42 Å². The molecule has 1 heterocycles. The van der Waals surface area contributed by atoms with Gasteiger partial charge in [-0.3, -0.25) is 0 Å². The number of imidazole rings is 1.